The molecule has 8 heteroatoms. The fourth-order valence-electron chi connectivity index (χ4n) is 1.89. The predicted molar refractivity (Wildman–Crippen MR) is 92.8 cm³/mol. The lowest BCUT2D eigenvalue weighted by Crippen LogP contribution is -2.41. The highest BCUT2D eigenvalue weighted by atomic mass is 32.2. The number of rotatable bonds is 5. The molecule has 1 unspecified atom stereocenters. The lowest BCUT2D eigenvalue weighted by molar-refractivity contribution is -0.147. The van der Waals surface area contributed by atoms with Crippen molar-refractivity contribution in [2.45, 2.75) is 30.4 Å². The van der Waals surface area contributed by atoms with Crippen LogP contribution in [-0.4, -0.2) is 41.3 Å². The molecule has 0 fully saturated rings. The predicted octanol–water partition coefficient (Wildman–Crippen LogP) is 1.24. The average Bonchev–Trinajstić information content (AvgIpc) is 2.55. The van der Waals surface area contributed by atoms with Gasteiger partial charge in [-0.15, -0.1) is 0 Å². The van der Waals surface area contributed by atoms with Crippen molar-refractivity contribution in [2.75, 3.05) is 0 Å². The Morgan fingerprint density at radius 1 is 1.08 bits per heavy atom. The summed E-state index contributed by atoms with van der Waals surface area (Å²) >= 11 is 0. The molecule has 0 radical (unpaired) electrons. The Morgan fingerprint density at radius 2 is 1.60 bits per heavy atom. The minimum atomic E-state index is -4.02. The number of carbonyl (C=O) groups is 1. The molecule has 2 rings (SSSR count). The fraction of sp³-hybridized carbons (Fsp3) is 0.235. The third-order valence-corrected chi connectivity index (χ3v) is 4.16. The molecular formula is C17H21NO6S. The first-order chi connectivity index (χ1) is 11.6. The van der Waals surface area contributed by atoms with Crippen molar-refractivity contribution in [3.8, 4) is 0 Å². The first-order valence-electron chi connectivity index (χ1n) is 7.36. The second-order valence-electron chi connectivity index (χ2n) is 5.42. The van der Waals surface area contributed by atoms with E-state index in [1.807, 2.05) is 37.3 Å². The van der Waals surface area contributed by atoms with Gasteiger partial charge in [-0.05, 0) is 31.0 Å². The number of aliphatic hydroxyl groups excluding tert-OH is 1. The molecule has 0 saturated carbocycles. The number of aliphatic carboxylic acids is 1. The maximum Gasteiger partial charge on any atom is 0.334 e. The summed E-state index contributed by atoms with van der Waals surface area (Å²) in [5, 5.41) is 17.6. The standard InChI is InChI=1S/C10H13NO3.C7H8O3S/c11-8(9(12)10(13)14)6-7-4-2-1-3-5-7;1-6-2-4-7(5-3-6)11(8,9)10/h1-5,8-9,12H,6,11H2,(H,13,14);2-5H,1H3,(H,8,9,10)/t8-,9?;/m0./s1. The molecule has 0 aliphatic carbocycles. The molecule has 0 spiro atoms. The van der Waals surface area contributed by atoms with Crippen LogP contribution in [0.1, 0.15) is 11.1 Å². The minimum Gasteiger partial charge on any atom is -0.479 e. The van der Waals surface area contributed by atoms with Gasteiger partial charge in [0.25, 0.3) is 10.1 Å². The zero-order valence-corrected chi connectivity index (χ0v) is 14.4. The minimum absolute atomic E-state index is 0.0666. The number of carboxylic acid groups (broad SMARTS) is 1. The molecule has 0 aromatic heterocycles. The topological polar surface area (TPSA) is 138 Å². The van der Waals surface area contributed by atoms with Gasteiger partial charge in [-0.1, -0.05) is 48.0 Å². The normalized spacial score (nSPS) is 13.3. The van der Waals surface area contributed by atoms with Crippen molar-refractivity contribution in [1.29, 1.82) is 0 Å². The van der Waals surface area contributed by atoms with Crippen LogP contribution >= 0.6 is 0 Å². The molecule has 0 heterocycles. The van der Waals surface area contributed by atoms with Crippen LogP contribution in [0.15, 0.2) is 59.5 Å². The van der Waals surface area contributed by atoms with E-state index in [1.54, 1.807) is 12.1 Å². The van der Waals surface area contributed by atoms with Crippen molar-refractivity contribution in [3.05, 3.63) is 65.7 Å². The van der Waals surface area contributed by atoms with E-state index >= 15 is 0 Å². The van der Waals surface area contributed by atoms with Crippen LogP contribution in [0.3, 0.4) is 0 Å². The lowest BCUT2D eigenvalue weighted by Gasteiger charge is -2.14. The quantitative estimate of drug-likeness (QED) is 0.583. The van der Waals surface area contributed by atoms with Gasteiger partial charge in [0.1, 0.15) is 0 Å². The lowest BCUT2D eigenvalue weighted by atomic mass is 10.0. The van der Waals surface area contributed by atoms with Crippen molar-refractivity contribution in [3.63, 3.8) is 0 Å². The smallest absolute Gasteiger partial charge is 0.334 e. The van der Waals surface area contributed by atoms with Crippen molar-refractivity contribution < 1.29 is 28.0 Å². The van der Waals surface area contributed by atoms with Crippen LogP contribution in [0.2, 0.25) is 0 Å². The second-order valence-corrected chi connectivity index (χ2v) is 6.85. The van der Waals surface area contributed by atoms with Crippen LogP contribution < -0.4 is 5.73 Å². The Hall–Kier alpha value is -2.26. The third kappa shape index (κ3) is 7.44. The number of nitrogens with two attached hydrogens (primary N) is 1. The summed E-state index contributed by atoms with van der Waals surface area (Å²) in [6, 6.07) is 14.5. The third-order valence-electron chi connectivity index (χ3n) is 3.29. The van der Waals surface area contributed by atoms with Gasteiger partial charge in [0.2, 0.25) is 0 Å². The summed E-state index contributed by atoms with van der Waals surface area (Å²) in [5.41, 5.74) is 7.39. The molecule has 2 aromatic carbocycles. The maximum absolute atomic E-state index is 10.5. The molecule has 0 amide bonds. The van der Waals surface area contributed by atoms with Crippen LogP contribution in [-0.2, 0) is 21.3 Å². The molecule has 0 aliphatic heterocycles. The number of aryl methyl sites for hydroxylation is 1. The van der Waals surface area contributed by atoms with Gasteiger partial charge in [-0.25, -0.2) is 4.79 Å². The molecule has 2 atom stereocenters. The Balaban J connectivity index is 0.000000257. The van der Waals surface area contributed by atoms with Crippen LogP contribution in [0.4, 0.5) is 0 Å². The van der Waals surface area contributed by atoms with E-state index in [1.165, 1.54) is 12.1 Å². The number of hydrogen-bond acceptors (Lipinski definition) is 5. The summed E-state index contributed by atoms with van der Waals surface area (Å²) in [4.78, 5) is 10.3. The van der Waals surface area contributed by atoms with Gasteiger partial charge in [0.15, 0.2) is 6.10 Å². The molecule has 2 aromatic rings. The fourth-order valence-corrected chi connectivity index (χ4v) is 2.37. The van der Waals surface area contributed by atoms with E-state index in [-0.39, 0.29) is 4.90 Å². The van der Waals surface area contributed by atoms with E-state index in [4.69, 9.17) is 20.5 Å². The summed E-state index contributed by atoms with van der Waals surface area (Å²) in [7, 11) is -4.02. The first-order valence-corrected chi connectivity index (χ1v) is 8.80. The van der Waals surface area contributed by atoms with E-state index in [9.17, 15) is 13.2 Å². The van der Waals surface area contributed by atoms with Gasteiger partial charge in [-0.3, -0.25) is 4.55 Å². The van der Waals surface area contributed by atoms with Gasteiger partial charge >= 0.3 is 5.97 Å². The van der Waals surface area contributed by atoms with Crippen LogP contribution in [0.25, 0.3) is 0 Å². The maximum atomic E-state index is 10.5. The monoisotopic (exact) mass is 367 g/mol. The Labute approximate surface area is 146 Å². The highest BCUT2D eigenvalue weighted by Gasteiger charge is 2.21. The van der Waals surface area contributed by atoms with E-state index in [2.05, 4.69) is 0 Å². The molecule has 0 aliphatic rings. The van der Waals surface area contributed by atoms with Crippen LogP contribution in [0, 0.1) is 6.92 Å². The van der Waals surface area contributed by atoms with Gasteiger partial charge in [0.05, 0.1) is 4.90 Å². The van der Waals surface area contributed by atoms with E-state index in [0.717, 1.165) is 11.1 Å². The molecule has 136 valence electrons. The molecule has 7 nitrogen and oxygen atoms in total. The van der Waals surface area contributed by atoms with Crippen molar-refractivity contribution in [1.82, 2.24) is 0 Å². The van der Waals surface area contributed by atoms with Crippen molar-refractivity contribution >= 4 is 16.1 Å². The van der Waals surface area contributed by atoms with Gasteiger partial charge < -0.3 is 15.9 Å². The molecule has 5 N–H and O–H groups in total. The average molecular weight is 367 g/mol. The molecule has 0 saturated heterocycles. The van der Waals surface area contributed by atoms with Gasteiger partial charge in [-0.2, -0.15) is 8.42 Å². The molecule has 0 bridgehead atoms. The molecular weight excluding hydrogens is 346 g/mol. The van der Waals surface area contributed by atoms with E-state index < -0.39 is 28.2 Å². The van der Waals surface area contributed by atoms with Crippen molar-refractivity contribution in [2.24, 2.45) is 5.73 Å². The highest BCUT2D eigenvalue weighted by Crippen LogP contribution is 2.08. The Bertz CT molecular complexity index is 775. The SMILES string of the molecule is Cc1ccc(S(=O)(=O)O)cc1.N[C@@H](Cc1ccccc1)C(O)C(=O)O. The second kappa shape index (κ2) is 9.28. The summed E-state index contributed by atoms with van der Waals surface area (Å²) < 4.78 is 29.6. The van der Waals surface area contributed by atoms with E-state index in [0.29, 0.717) is 6.42 Å². The zero-order valence-electron chi connectivity index (χ0n) is 13.6. The van der Waals surface area contributed by atoms with Crippen LogP contribution in [0.5, 0.6) is 0 Å². The summed E-state index contributed by atoms with van der Waals surface area (Å²) in [6.07, 6.45) is -1.15. The zero-order chi connectivity index (χ0) is 19.0. The highest BCUT2D eigenvalue weighted by molar-refractivity contribution is 7.85. The Morgan fingerprint density at radius 3 is 2.04 bits per heavy atom. The number of benzene rings is 2. The summed E-state index contributed by atoms with van der Waals surface area (Å²) in [6.45, 7) is 1.84. The molecule has 25 heavy (non-hydrogen) atoms. The number of carboxylic acids is 1. The van der Waals surface area contributed by atoms with Gasteiger partial charge in [0, 0.05) is 6.04 Å². The number of hydrogen-bond donors (Lipinski definition) is 4. The summed E-state index contributed by atoms with van der Waals surface area (Å²) in [5.74, 6) is -1.28. The number of aliphatic hydroxyl groups is 1. The first kappa shape index (κ1) is 20.8. The Kier molecular flexibility index (Phi) is 7.72. The largest absolute Gasteiger partial charge is 0.479 e.